The van der Waals surface area contributed by atoms with E-state index in [0.717, 1.165) is 12.1 Å². The topological polar surface area (TPSA) is 91.0 Å². The van der Waals surface area contributed by atoms with E-state index in [1.54, 1.807) is 27.9 Å². The van der Waals surface area contributed by atoms with Gasteiger partial charge >= 0.3 is 5.97 Å². The van der Waals surface area contributed by atoms with Crippen molar-refractivity contribution in [2.24, 2.45) is 10.9 Å². The Labute approximate surface area is 173 Å². The monoisotopic (exact) mass is 424 g/mol. The number of non-ortho nitro benzene ring substituents is 1. The third-order valence-electron chi connectivity index (χ3n) is 5.27. The zero-order chi connectivity index (χ0) is 21.4. The predicted octanol–water partition coefficient (Wildman–Crippen LogP) is 4.23. The number of nitro benzene ring substituents is 1. The van der Waals surface area contributed by atoms with E-state index < -0.39 is 27.8 Å². The van der Waals surface area contributed by atoms with Gasteiger partial charge in [-0.2, -0.15) is 0 Å². The zero-order valence-electron chi connectivity index (χ0n) is 16.9. The maximum Gasteiger partial charge on any atom is 0.312 e. The standard InChI is InChI=1S/C20H25FN2O5S/c1-19(2,3)28-18(24)10-17-22-20(8-7-16(27-4)14(20)11-29-17)13-9-12(23(25)26)5-6-15(13)21/h5-6,9,14,16H,7-8,10-11H2,1-4H3/t14-,16-,20-/m1/s1. The van der Waals surface area contributed by atoms with Gasteiger partial charge in [0.2, 0.25) is 0 Å². The smallest absolute Gasteiger partial charge is 0.312 e. The molecule has 0 unspecified atom stereocenters. The minimum absolute atomic E-state index is 0.00932. The largest absolute Gasteiger partial charge is 0.460 e. The number of carbonyl (C=O) groups excluding carboxylic acids is 1. The summed E-state index contributed by atoms with van der Waals surface area (Å²) >= 11 is 1.44. The lowest BCUT2D eigenvalue weighted by Crippen LogP contribution is -2.40. The first kappa shape index (κ1) is 21.7. The number of halogens is 1. The van der Waals surface area contributed by atoms with E-state index in [2.05, 4.69) is 0 Å². The van der Waals surface area contributed by atoms with Crippen molar-refractivity contribution in [3.63, 3.8) is 0 Å². The molecule has 0 bridgehead atoms. The molecule has 0 amide bonds. The van der Waals surface area contributed by atoms with Crippen molar-refractivity contribution in [2.45, 2.75) is 57.3 Å². The van der Waals surface area contributed by atoms with Crippen LogP contribution in [0.4, 0.5) is 10.1 Å². The number of aliphatic imine (C=N–C) groups is 1. The molecule has 0 N–H and O–H groups in total. The van der Waals surface area contributed by atoms with Gasteiger partial charge in [-0.1, -0.05) is 0 Å². The second-order valence-corrected chi connectivity index (χ2v) is 9.44. The first-order valence-electron chi connectivity index (χ1n) is 9.46. The summed E-state index contributed by atoms with van der Waals surface area (Å²) in [4.78, 5) is 27.8. The molecule has 1 saturated carbocycles. The zero-order valence-corrected chi connectivity index (χ0v) is 17.8. The summed E-state index contributed by atoms with van der Waals surface area (Å²) in [6.45, 7) is 5.37. The Kier molecular flexibility index (Phi) is 6.01. The summed E-state index contributed by atoms with van der Waals surface area (Å²) in [5.74, 6) is -0.499. The molecule has 2 aliphatic rings. The summed E-state index contributed by atoms with van der Waals surface area (Å²) in [6, 6.07) is 3.53. The molecule has 1 heterocycles. The van der Waals surface area contributed by atoms with Gasteiger partial charge in [-0.05, 0) is 39.7 Å². The third-order valence-corrected chi connectivity index (χ3v) is 6.37. The molecule has 0 aromatic heterocycles. The lowest BCUT2D eigenvalue weighted by atomic mass is 9.80. The van der Waals surface area contributed by atoms with Crippen LogP contribution in [-0.4, -0.2) is 40.5 Å². The molecular formula is C20H25FN2O5S. The summed E-state index contributed by atoms with van der Waals surface area (Å²) in [6.07, 6.45) is 1.01. The normalized spacial score (nSPS) is 26.6. The molecule has 158 valence electrons. The van der Waals surface area contributed by atoms with Gasteiger partial charge in [0, 0.05) is 36.5 Å². The van der Waals surface area contributed by atoms with Crippen LogP contribution in [0.15, 0.2) is 23.2 Å². The Hall–Kier alpha value is -2.00. The number of esters is 1. The van der Waals surface area contributed by atoms with E-state index in [1.807, 2.05) is 0 Å². The van der Waals surface area contributed by atoms with Crippen LogP contribution in [0.3, 0.4) is 0 Å². The van der Waals surface area contributed by atoms with Crippen LogP contribution in [0.5, 0.6) is 0 Å². The Bertz CT molecular complexity index is 854. The fourth-order valence-electron chi connectivity index (χ4n) is 4.11. The van der Waals surface area contributed by atoms with Gasteiger partial charge in [0.15, 0.2) is 0 Å². The Morgan fingerprint density at radius 3 is 2.79 bits per heavy atom. The molecule has 29 heavy (non-hydrogen) atoms. The van der Waals surface area contributed by atoms with Crippen molar-refractivity contribution in [2.75, 3.05) is 12.9 Å². The van der Waals surface area contributed by atoms with Crippen LogP contribution in [0.1, 0.15) is 45.6 Å². The van der Waals surface area contributed by atoms with Gasteiger partial charge in [0.1, 0.15) is 11.4 Å². The highest BCUT2D eigenvalue weighted by Crippen LogP contribution is 2.53. The second kappa shape index (κ2) is 8.02. The number of hydrogen-bond acceptors (Lipinski definition) is 7. The van der Waals surface area contributed by atoms with Gasteiger partial charge in [0.05, 0.1) is 28.0 Å². The fourth-order valence-corrected chi connectivity index (χ4v) is 5.42. The predicted molar refractivity (Wildman–Crippen MR) is 109 cm³/mol. The number of rotatable bonds is 5. The van der Waals surface area contributed by atoms with Gasteiger partial charge in [-0.15, -0.1) is 11.8 Å². The van der Waals surface area contributed by atoms with Crippen molar-refractivity contribution < 1.29 is 23.6 Å². The summed E-state index contributed by atoms with van der Waals surface area (Å²) in [7, 11) is 1.61. The van der Waals surface area contributed by atoms with E-state index in [0.29, 0.717) is 23.6 Å². The SMILES string of the molecule is CO[C@@H]1CC[C@]2(c3cc([N+](=O)[O-])ccc3F)N=C(CC(=O)OC(C)(C)C)SC[C@H]12. The fraction of sp³-hybridized carbons (Fsp3) is 0.600. The number of carbonyl (C=O) groups is 1. The van der Waals surface area contributed by atoms with Crippen LogP contribution in [-0.2, 0) is 19.8 Å². The maximum absolute atomic E-state index is 14.9. The number of benzene rings is 1. The van der Waals surface area contributed by atoms with Crippen molar-refractivity contribution in [3.8, 4) is 0 Å². The second-order valence-electron chi connectivity index (χ2n) is 8.34. The van der Waals surface area contributed by atoms with Crippen molar-refractivity contribution >= 4 is 28.5 Å². The lowest BCUT2D eigenvalue weighted by molar-refractivity contribution is -0.385. The molecule has 1 aromatic rings. The number of fused-ring (bicyclic) bond motifs is 1. The summed E-state index contributed by atoms with van der Waals surface area (Å²) in [5, 5.41) is 11.8. The minimum atomic E-state index is -0.987. The van der Waals surface area contributed by atoms with E-state index in [1.165, 1.54) is 17.8 Å². The molecule has 0 spiro atoms. The Morgan fingerprint density at radius 2 is 2.17 bits per heavy atom. The van der Waals surface area contributed by atoms with Gasteiger partial charge in [-0.3, -0.25) is 19.9 Å². The highest BCUT2D eigenvalue weighted by Gasteiger charge is 2.53. The number of nitro groups is 1. The number of ether oxygens (including phenoxy) is 2. The maximum atomic E-state index is 14.9. The molecule has 3 rings (SSSR count). The average molecular weight is 424 g/mol. The molecule has 9 heteroatoms. The van der Waals surface area contributed by atoms with Crippen LogP contribution >= 0.6 is 11.8 Å². The quantitative estimate of drug-likeness (QED) is 0.399. The lowest BCUT2D eigenvalue weighted by Gasteiger charge is -2.38. The average Bonchev–Trinajstić information content (AvgIpc) is 2.98. The third kappa shape index (κ3) is 4.45. The van der Waals surface area contributed by atoms with E-state index in [-0.39, 0.29) is 29.7 Å². The van der Waals surface area contributed by atoms with Crippen molar-refractivity contribution in [1.82, 2.24) is 0 Å². The molecule has 7 nitrogen and oxygen atoms in total. The molecule has 1 fully saturated rings. The Morgan fingerprint density at radius 1 is 1.45 bits per heavy atom. The summed E-state index contributed by atoms with van der Waals surface area (Å²) in [5.41, 5.74) is -1.59. The van der Waals surface area contributed by atoms with Crippen LogP contribution in [0, 0.1) is 21.8 Å². The van der Waals surface area contributed by atoms with Crippen molar-refractivity contribution in [3.05, 3.63) is 39.7 Å². The molecule has 1 aromatic carbocycles. The van der Waals surface area contributed by atoms with Crippen molar-refractivity contribution in [1.29, 1.82) is 0 Å². The minimum Gasteiger partial charge on any atom is -0.460 e. The Balaban J connectivity index is 2.02. The van der Waals surface area contributed by atoms with Gasteiger partial charge < -0.3 is 9.47 Å². The van der Waals surface area contributed by atoms with E-state index in [4.69, 9.17) is 14.5 Å². The number of methoxy groups -OCH3 is 1. The molecule has 1 aliphatic heterocycles. The molecule has 0 saturated heterocycles. The highest BCUT2D eigenvalue weighted by molar-refractivity contribution is 8.14. The number of hydrogen-bond donors (Lipinski definition) is 0. The molecule has 3 atom stereocenters. The number of nitrogens with zero attached hydrogens (tertiary/aromatic N) is 2. The van der Waals surface area contributed by atoms with Crippen LogP contribution in [0.2, 0.25) is 0 Å². The van der Waals surface area contributed by atoms with E-state index >= 15 is 0 Å². The van der Waals surface area contributed by atoms with Gasteiger partial charge in [0.25, 0.3) is 5.69 Å². The van der Waals surface area contributed by atoms with E-state index in [9.17, 15) is 19.3 Å². The number of thioether (sulfide) groups is 1. The van der Waals surface area contributed by atoms with Crippen LogP contribution in [0.25, 0.3) is 0 Å². The summed E-state index contributed by atoms with van der Waals surface area (Å²) < 4.78 is 25.8. The highest BCUT2D eigenvalue weighted by atomic mass is 32.2. The molecule has 1 aliphatic carbocycles. The first-order valence-corrected chi connectivity index (χ1v) is 10.4. The molecule has 0 radical (unpaired) electrons. The first-order chi connectivity index (χ1) is 13.6. The van der Waals surface area contributed by atoms with Crippen LogP contribution < -0.4 is 0 Å². The van der Waals surface area contributed by atoms with Gasteiger partial charge in [-0.25, -0.2) is 4.39 Å². The molecular weight excluding hydrogens is 399 g/mol.